The Bertz CT molecular complexity index is 1070. The molecule has 0 radical (unpaired) electrons. The highest BCUT2D eigenvalue weighted by atomic mass is 32.2. The van der Waals surface area contributed by atoms with Crippen molar-refractivity contribution >= 4 is 29.0 Å². The van der Waals surface area contributed by atoms with Crippen LogP contribution in [0, 0.1) is 11.3 Å². The van der Waals surface area contributed by atoms with Crippen molar-refractivity contribution in [2.45, 2.75) is 27.2 Å². The van der Waals surface area contributed by atoms with Crippen molar-refractivity contribution in [1.82, 2.24) is 4.90 Å². The predicted octanol–water partition coefficient (Wildman–Crippen LogP) is 6.31. The zero-order valence-corrected chi connectivity index (χ0v) is 17.5. The Labute approximate surface area is 175 Å². The molecule has 1 aliphatic heterocycles. The zero-order valence-electron chi connectivity index (χ0n) is 16.6. The molecule has 2 aromatic carbocycles. The number of rotatable bonds is 5. The molecule has 0 unspecified atom stereocenters. The van der Waals surface area contributed by atoms with Crippen molar-refractivity contribution in [3.8, 4) is 6.07 Å². The van der Waals surface area contributed by atoms with Crippen LogP contribution in [-0.4, -0.2) is 16.0 Å². The molecule has 4 nitrogen and oxygen atoms in total. The van der Waals surface area contributed by atoms with E-state index < -0.39 is 5.97 Å². The van der Waals surface area contributed by atoms with Crippen molar-refractivity contribution in [3.63, 3.8) is 0 Å². The molecule has 0 spiro atoms. The normalized spacial score (nSPS) is 15.7. The Morgan fingerprint density at radius 1 is 1.10 bits per heavy atom. The van der Waals surface area contributed by atoms with Gasteiger partial charge in [0, 0.05) is 6.20 Å². The van der Waals surface area contributed by atoms with Crippen molar-refractivity contribution in [1.29, 1.82) is 5.26 Å². The van der Waals surface area contributed by atoms with Crippen LogP contribution in [0.15, 0.2) is 70.7 Å². The first-order valence-corrected chi connectivity index (χ1v) is 10.2. The topological polar surface area (TPSA) is 64.3 Å². The summed E-state index contributed by atoms with van der Waals surface area (Å²) in [5.74, 6) is -0.931. The lowest BCUT2D eigenvalue weighted by Gasteiger charge is -2.26. The van der Waals surface area contributed by atoms with Gasteiger partial charge >= 0.3 is 5.97 Å². The molecule has 0 saturated heterocycles. The van der Waals surface area contributed by atoms with Gasteiger partial charge in [0.25, 0.3) is 0 Å². The van der Waals surface area contributed by atoms with E-state index in [4.69, 9.17) is 0 Å². The molecule has 2 aromatic rings. The van der Waals surface area contributed by atoms with Gasteiger partial charge in [0.15, 0.2) is 0 Å². The Hall–Kier alpha value is -3.23. The van der Waals surface area contributed by atoms with Gasteiger partial charge in [-0.25, -0.2) is 4.79 Å². The number of carboxylic acid groups (broad SMARTS) is 1. The standard InChI is InChI=1S/C24H22N2O2S/c1-4-16(2)22(19-8-10-20(11-9-19)24(27)28)26-12-13-29-23(26)17(3)21-7-5-6-18(14-21)15-25/h5-14H,4H2,1-3H3,(H,27,28)/b22-16?,23-17-. The van der Waals surface area contributed by atoms with Gasteiger partial charge in [-0.2, -0.15) is 5.26 Å². The van der Waals surface area contributed by atoms with Crippen LogP contribution >= 0.6 is 11.8 Å². The van der Waals surface area contributed by atoms with E-state index in [0.29, 0.717) is 5.56 Å². The number of benzene rings is 2. The van der Waals surface area contributed by atoms with Crippen LogP contribution in [-0.2, 0) is 0 Å². The van der Waals surface area contributed by atoms with E-state index >= 15 is 0 Å². The zero-order chi connectivity index (χ0) is 21.0. The van der Waals surface area contributed by atoms with E-state index in [1.54, 1.807) is 30.0 Å². The predicted molar refractivity (Wildman–Crippen MR) is 119 cm³/mol. The summed E-state index contributed by atoms with van der Waals surface area (Å²) in [6, 6.07) is 16.8. The number of aromatic carboxylic acids is 1. The lowest BCUT2D eigenvalue weighted by molar-refractivity contribution is 0.0697. The number of allylic oxidation sites excluding steroid dienone is 2. The average molecular weight is 403 g/mol. The molecule has 0 bridgehead atoms. The van der Waals surface area contributed by atoms with Crippen molar-refractivity contribution in [2.24, 2.45) is 0 Å². The first kappa shape index (κ1) is 20.5. The molecule has 0 saturated carbocycles. The SMILES string of the molecule is CCC(C)=C(c1ccc(C(=O)O)cc1)N1C=CS/C1=C(/C)c1cccc(C#N)c1. The summed E-state index contributed by atoms with van der Waals surface area (Å²) in [5, 5.41) is 21.5. The summed E-state index contributed by atoms with van der Waals surface area (Å²) in [6.07, 6.45) is 2.92. The molecule has 1 N–H and O–H groups in total. The largest absolute Gasteiger partial charge is 0.478 e. The summed E-state index contributed by atoms with van der Waals surface area (Å²) >= 11 is 1.64. The fraction of sp³-hybridized carbons (Fsp3) is 0.167. The molecule has 5 heteroatoms. The van der Waals surface area contributed by atoms with E-state index in [1.807, 2.05) is 41.9 Å². The van der Waals surface area contributed by atoms with Crippen molar-refractivity contribution < 1.29 is 9.90 Å². The van der Waals surface area contributed by atoms with Crippen LogP contribution in [0.3, 0.4) is 0 Å². The molecule has 1 aliphatic rings. The number of nitriles is 1. The number of hydrogen-bond acceptors (Lipinski definition) is 4. The smallest absolute Gasteiger partial charge is 0.335 e. The van der Waals surface area contributed by atoms with Crippen molar-refractivity contribution in [3.05, 3.63) is 93.0 Å². The molecule has 29 heavy (non-hydrogen) atoms. The van der Waals surface area contributed by atoms with Gasteiger partial charge < -0.3 is 10.0 Å². The second kappa shape index (κ2) is 8.85. The third-order valence-corrected chi connectivity index (χ3v) is 5.92. The lowest BCUT2D eigenvalue weighted by atomic mass is 10.0. The monoisotopic (exact) mass is 402 g/mol. The van der Waals surface area contributed by atoms with Crippen molar-refractivity contribution in [2.75, 3.05) is 0 Å². The maximum atomic E-state index is 11.2. The summed E-state index contributed by atoms with van der Waals surface area (Å²) in [7, 11) is 0. The fourth-order valence-corrected chi connectivity index (χ4v) is 4.07. The Kier molecular flexibility index (Phi) is 6.26. The molecular formula is C24H22N2O2S. The van der Waals surface area contributed by atoms with Crippen LogP contribution in [0.1, 0.15) is 54.2 Å². The minimum Gasteiger partial charge on any atom is -0.478 e. The minimum absolute atomic E-state index is 0.272. The maximum Gasteiger partial charge on any atom is 0.335 e. The first-order valence-electron chi connectivity index (χ1n) is 9.33. The van der Waals surface area contributed by atoms with E-state index in [2.05, 4.69) is 31.7 Å². The quantitative estimate of drug-likeness (QED) is 0.635. The molecule has 0 aliphatic carbocycles. The van der Waals surface area contributed by atoms with Gasteiger partial charge in [-0.1, -0.05) is 43.0 Å². The molecule has 3 rings (SSSR count). The van der Waals surface area contributed by atoms with E-state index in [0.717, 1.165) is 33.8 Å². The Morgan fingerprint density at radius 3 is 2.41 bits per heavy atom. The van der Waals surface area contributed by atoms with Crippen LogP contribution in [0.4, 0.5) is 0 Å². The van der Waals surface area contributed by atoms with Crippen LogP contribution in [0.2, 0.25) is 0 Å². The highest BCUT2D eigenvalue weighted by Gasteiger charge is 2.23. The first-order chi connectivity index (χ1) is 14.0. The van der Waals surface area contributed by atoms with Crippen LogP contribution in [0.5, 0.6) is 0 Å². The summed E-state index contributed by atoms with van der Waals surface area (Å²) in [6.45, 7) is 6.27. The van der Waals surface area contributed by atoms with Crippen LogP contribution in [0.25, 0.3) is 11.3 Å². The van der Waals surface area contributed by atoms with Gasteiger partial charge in [-0.15, -0.1) is 0 Å². The van der Waals surface area contributed by atoms with Gasteiger partial charge in [-0.05, 0) is 72.2 Å². The summed E-state index contributed by atoms with van der Waals surface area (Å²) in [5.41, 5.74) is 6.23. The summed E-state index contributed by atoms with van der Waals surface area (Å²) in [4.78, 5) is 13.4. The molecular weight excluding hydrogens is 380 g/mol. The van der Waals surface area contributed by atoms with E-state index in [9.17, 15) is 15.2 Å². The second-order valence-corrected chi connectivity index (χ2v) is 7.66. The van der Waals surface area contributed by atoms with Gasteiger partial charge in [0.1, 0.15) is 0 Å². The molecule has 1 heterocycles. The minimum atomic E-state index is -0.931. The van der Waals surface area contributed by atoms with Gasteiger partial charge in [0.2, 0.25) is 0 Å². The maximum absolute atomic E-state index is 11.2. The fourth-order valence-electron chi connectivity index (χ4n) is 3.20. The Morgan fingerprint density at radius 2 is 1.79 bits per heavy atom. The highest BCUT2D eigenvalue weighted by molar-refractivity contribution is 8.06. The third-order valence-electron chi connectivity index (χ3n) is 4.93. The second-order valence-electron chi connectivity index (χ2n) is 6.76. The Balaban J connectivity index is 2.09. The number of hydrogen-bond donors (Lipinski definition) is 1. The van der Waals surface area contributed by atoms with Crippen LogP contribution < -0.4 is 0 Å². The van der Waals surface area contributed by atoms with E-state index in [-0.39, 0.29) is 5.56 Å². The lowest BCUT2D eigenvalue weighted by Crippen LogP contribution is -2.14. The molecule has 0 fully saturated rings. The summed E-state index contributed by atoms with van der Waals surface area (Å²) < 4.78 is 0. The molecule has 0 amide bonds. The number of carbonyl (C=O) groups is 1. The number of carboxylic acids is 1. The van der Waals surface area contributed by atoms with E-state index in [1.165, 1.54) is 5.57 Å². The molecule has 0 aromatic heterocycles. The number of nitrogens with zero attached hydrogens (tertiary/aromatic N) is 2. The molecule has 146 valence electrons. The van der Waals surface area contributed by atoms with Gasteiger partial charge in [0.05, 0.1) is 27.9 Å². The third kappa shape index (κ3) is 4.28. The number of thioether (sulfide) groups is 1. The highest BCUT2D eigenvalue weighted by Crippen LogP contribution is 2.42. The van der Waals surface area contributed by atoms with Gasteiger partial charge in [-0.3, -0.25) is 0 Å². The average Bonchev–Trinajstić information content (AvgIpc) is 3.22. The molecule has 0 atom stereocenters.